The number of benzene rings is 2. The Kier molecular flexibility index (Phi) is 10.1. The molecule has 0 radical (unpaired) electrons. The predicted molar refractivity (Wildman–Crippen MR) is 164 cm³/mol. The average molecular weight is 561 g/mol. The van der Waals surface area contributed by atoms with E-state index in [1.165, 1.54) is 16.0 Å². The van der Waals surface area contributed by atoms with Crippen LogP contribution in [0.1, 0.15) is 98.3 Å². The Balaban J connectivity index is 1.55. The van der Waals surface area contributed by atoms with E-state index in [1.807, 2.05) is 29.2 Å². The minimum Gasteiger partial charge on any atom is -0.494 e. The fourth-order valence-electron chi connectivity index (χ4n) is 5.18. The molecule has 1 aliphatic rings. The van der Waals surface area contributed by atoms with Crippen molar-refractivity contribution in [2.24, 2.45) is 0 Å². The zero-order valence-electron chi connectivity index (χ0n) is 24.7. The minimum atomic E-state index is -0.140. The number of carbonyl (C=O) groups excluding carboxylic acids is 2. The first kappa shape index (κ1) is 29.9. The zero-order valence-corrected chi connectivity index (χ0v) is 25.6. The summed E-state index contributed by atoms with van der Waals surface area (Å²) in [5.74, 6) is 0.647. The highest BCUT2D eigenvalue weighted by molar-refractivity contribution is 7.10. The van der Waals surface area contributed by atoms with Crippen LogP contribution in [0.25, 0.3) is 0 Å². The third kappa shape index (κ3) is 7.14. The number of hydrogen-bond acceptors (Lipinski definition) is 4. The number of ether oxygens (including phenoxy) is 1. The van der Waals surface area contributed by atoms with Crippen LogP contribution in [-0.2, 0) is 16.6 Å². The lowest BCUT2D eigenvalue weighted by molar-refractivity contribution is -0.134. The molecular weight excluding hydrogens is 516 g/mol. The number of fused-ring (bicyclic) bond motifs is 1. The Hall–Kier alpha value is -3.12. The normalized spacial score (nSPS) is 15.0. The van der Waals surface area contributed by atoms with Gasteiger partial charge >= 0.3 is 0 Å². The van der Waals surface area contributed by atoms with Gasteiger partial charge < -0.3 is 14.5 Å². The summed E-state index contributed by atoms with van der Waals surface area (Å²) in [5, 5.41) is 2.13. The Morgan fingerprint density at radius 3 is 2.33 bits per heavy atom. The fourth-order valence-corrected chi connectivity index (χ4v) is 6.08. The first-order valence-corrected chi connectivity index (χ1v) is 15.6. The zero-order chi connectivity index (χ0) is 28.7. The number of nitrogens with zero attached hydrogens (tertiary/aromatic N) is 2. The van der Waals surface area contributed by atoms with Crippen molar-refractivity contribution in [2.45, 2.75) is 78.2 Å². The highest BCUT2D eigenvalue weighted by Gasteiger charge is 2.34. The summed E-state index contributed by atoms with van der Waals surface area (Å²) < 4.78 is 5.77. The third-order valence-corrected chi connectivity index (χ3v) is 8.64. The average Bonchev–Trinajstić information content (AvgIpc) is 3.43. The molecule has 0 aliphatic carbocycles. The van der Waals surface area contributed by atoms with Gasteiger partial charge in [0.2, 0.25) is 5.91 Å². The third-order valence-electron chi connectivity index (χ3n) is 7.64. The van der Waals surface area contributed by atoms with Crippen molar-refractivity contribution in [3.8, 4) is 5.75 Å². The van der Waals surface area contributed by atoms with Crippen LogP contribution in [0, 0.1) is 0 Å². The van der Waals surface area contributed by atoms with Crippen LogP contribution in [0.15, 0.2) is 60.0 Å². The Bertz CT molecular complexity index is 1260. The number of unbranched alkanes of at least 4 members (excludes halogenated alkanes) is 2. The maximum atomic E-state index is 14.0. The monoisotopic (exact) mass is 560 g/mol. The van der Waals surface area contributed by atoms with E-state index in [9.17, 15) is 9.59 Å². The molecular formula is C34H44N2O3S. The molecule has 0 saturated heterocycles. The minimum absolute atomic E-state index is 0.00859. The number of rotatable bonds is 11. The summed E-state index contributed by atoms with van der Waals surface area (Å²) in [6.45, 7) is 12.8. The quantitative estimate of drug-likeness (QED) is 0.226. The van der Waals surface area contributed by atoms with Gasteiger partial charge in [0.05, 0.1) is 12.6 Å². The molecule has 0 N–H and O–H groups in total. The van der Waals surface area contributed by atoms with Crippen LogP contribution in [0.5, 0.6) is 5.75 Å². The first-order chi connectivity index (χ1) is 19.2. The molecule has 0 fully saturated rings. The highest BCUT2D eigenvalue weighted by Crippen LogP contribution is 2.38. The molecule has 0 bridgehead atoms. The summed E-state index contributed by atoms with van der Waals surface area (Å²) in [6.07, 6.45) is 4.72. The molecule has 1 aromatic heterocycles. The molecule has 214 valence electrons. The summed E-state index contributed by atoms with van der Waals surface area (Å²) in [4.78, 5) is 32.6. The molecule has 1 atom stereocenters. The van der Waals surface area contributed by atoms with E-state index < -0.39 is 0 Å². The van der Waals surface area contributed by atoms with E-state index in [0.717, 1.165) is 43.4 Å². The van der Waals surface area contributed by atoms with Crippen molar-refractivity contribution in [1.29, 1.82) is 0 Å². The van der Waals surface area contributed by atoms with Gasteiger partial charge in [0.15, 0.2) is 0 Å². The van der Waals surface area contributed by atoms with Gasteiger partial charge in [-0.1, -0.05) is 71.7 Å². The van der Waals surface area contributed by atoms with E-state index in [0.29, 0.717) is 25.3 Å². The number of thiophene rings is 1. The van der Waals surface area contributed by atoms with Crippen LogP contribution in [0.3, 0.4) is 0 Å². The van der Waals surface area contributed by atoms with Gasteiger partial charge in [0.25, 0.3) is 5.91 Å². The van der Waals surface area contributed by atoms with E-state index in [1.54, 1.807) is 16.2 Å². The first-order valence-electron chi connectivity index (χ1n) is 14.7. The van der Waals surface area contributed by atoms with E-state index >= 15 is 0 Å². The van der Waals surface area contributed by atoms with Gasteiger partial charge in [0.1, 0.15) is 12.3 Å². The van der Waals surface area contributed by atoms with Crippen molar-refractivity contribution < 1.29 is 14.3 Å². The summed E-state index contributed by atoms with van der Waals surface area (Å²) in [6, 6.07) is 18.1. The lowest BCUT2D eigenvalue weighted by Crippen LogP contribution is -2.47. The maximum Gasteiger partial charge on any atom is 0.254 e. The molecule has 2 amide bonds. The Morgan fingerprint density at radius 1 is 0.975 bits per heavy atom. The van der Waals surface area contributed by atoms with Gasteiger partial charge in [0, 0.05) is 23.5 Å². The van der Waals surface area contributed by atoms with Crippen LogP contribution in [0.4, 0.5) is 0 Å². The topological polar surface area (TPSA) is 49.9 Å². The van der Waals surface area contributed by atoms with Crippen LogP contribution in [-0.4, -0.2) is 47.9 Å². The molecule has 0 saturated carbocycles. The second-order valence-electron chi connectivity index (χ2n) is 11.7. The molecule has 1 aliphatic heterocycles. The second-order valence-corrected chi connectivity index (χ2v) is 12.7. The van der Waals surface area contributed by atoms with Crippen LogP contribution in [0.2, 0.25) is 0 Å². The van der Waals surface area contributed by atoms with E-state index in [-0.39, 0.29) is 29.8 Å². The van der Waals surface area contributed by atoms with Gasteiger partial charge in [-0.05, 0) is 77.1 Å². The molecule has 2 heterocycles. The predicted octanol–water partition coefficient (Wildman–Crippen LogP) is 7.64. The smallest absolute Gasteiger partial charge is 0.254 e. The van der Waals surface area contributed by atoms with E-state index in [4.69, 9.17) is 4.74 Å². The largest absolute Gasteiger partial charge is 0.494 e. The van der Waals surface area contributed by atoms with E-state index in [2.05, 4.69) is 70.3 Å². The SMILES string of the molecule is CCCCOc1ccc(C(=O)N(CCCC)CC(=O)N2CCc3sccc3C2c2ccc(C(C)(C)C)cc2)cc1. The molecule has 1 unspecified atom stereocenters. The Morgan fingerprint density at radius 2 is 1.68 bits per heavy atom. The number of carbonyl (C=O) groups is 2. The number of amides is 2. The van der Waals surface area contributed by atoms with Crippen molar-refractivity contribution in [3.05, 3.63) is 87.1 Å². The fraction of sp³-hybridized carbons (Fsp3) is 0.471. The van der Waals surface area contributed by atoms with Gasteiger partial charge in [-0.2, -0.15) is 0 Å². The molecule has 3 aromatic rings. The number of hydrogen-bond donors (Lipinski definition) is 0. The molecule has 2 aromatic carbocycles. The molecule has 0 spiro atoms. The van der Waals surface area contributed by atoms with Crippen LogP contribution >= 0.6 is 11.3 Å². The summed E-state index contributed by atoms with van der Waals surface area (Å²) in [7, 11) is 0. The molecule has 4 rings (SSSR count). The van der Waals surface area contributed by atoms with Gasteiger partial charge in [-0.15, -0.1) is 11.3 Å². The standard InChI is InChI=1S/C34H44N2O3S/c1-6-8-20-35(33(38)26-12-16-28(17-13-26)39-22-9-7-2)24-31(37)36-21-18-30-29(19-23-40-30)32(36)25-10-14-27(15-11-25)34(3,4)5/h10-17,19,23,32H,6-9,18,20-22,24H2,1-5H3. The van der Waals surface area contributed by atoms with Crippen molar-refractivity contribution in [3.63, 3.8) is 0 Å². The lowest BCUT2D eigenvalue weighted by Gasteiger charge is -2.38. The lowest BCUT2D eigenvalue weighted by atomic mass is 9.85. The molecule has 5 nitrogen and oxygen atoms in total. The van der Waals surface area contributed by atoms with Gasteiger partial charge in [-0.3, -0.25) is 9.59 Å². The summed E-state index contributed by atoms with van der Waals surface area (Å²) >= 11 is 1.77. The maximum absolute atomic E-state index is 14.0. The van der Waals surface area contributed by atoms with Crippen LogP contribution < -0.4 is 4.74 Å². The second kappa shape index (κ2) is 13.5. The summed E-state index contributed by atoms with van der Waals surface area (Å²) in [5.41, 5.74) is 4.24. The van der Waals surface area contributed by atoms with Crippen molar-refractivity contribution in [1.82, 2.24) is 9.80 Å². The molecule has 6 heteroatoms. The highest BCUT2D eigenvalue weighted by atomic mass is 32.1. The Labute approximate surface area is 244 Å². The van der Waals surface area contributed by atoms with Crippen molar-refractivity contribution >= 4 is 23.2 Å². The van der Waals surface area contributed by atoms with Crippen molar-refractivity contribution in [2.75, 3.05) is 26.2 Å². The van der Waals surface area contributed by atoms with Gasteiger partial charge in [-0.25, -0.2) is 0 Å². The molecule has 40 heavy (non-hydrogen) atoms.